The van der Waals surface area contributed by atoms with Gasteiger partial charge in [-0.1, -0.05) is 12.1 Å². The second-order valence-electron chi connectivity index (χ2n) is 5.48. The molecule has 118 valence electrons. The Morgan fingerprint density at radius 1 is 1.43 bits per heavy atom. The first-order valence-corrected chi connectivity index (χ1v) is 8.23. The molecule has 1 aromatic carbocycles. The number of ether oxygens (including phenoxy) is 1. The Bertz CT molecular complexity index is 841. The lowest BCUT2D eigenvalue weighted by atomic mass is 10.2. The van der Waals surface area contributed by atoms with E-state index < -0.39 is 0 Å². The molecule has 0 unspecified atom stereocenters. The molecule has 1 aliphatic heterocycles. The molecule has 1 aliphatic rings. The summed E-state index contributed by atoms with van der Waals surface area (Å²) in [5.41, 5.74) is 9.06. The van der Waals surface area contributed by atoms with Gasteiger partial charge in [0.2, 0.25) is 0 Å². The molecule has 2 aromatic heterocycles. The van der Waals surface area contributed by atoms with Crippen LogP contribution < -0.4 is 15.4 Å². The lowest BCUT2D eigenvalue weighted by Crippen LogP contribution is -2.25. The Labute approximate surface area is 137 Å². The molecular formula is C16H17N5OS. The van der Waals surface area contributed by atoms with Gasteiger partial charge in [0.05, 0.1) is 24.6 Å². The third kappa shape index (κ3) is 2.53. The lowest BCUT2D eigenvalue weighted by Gasteiger charge is -2.22. The minimum absolute atomic E-state index is 0.614. The Morgan fingerprint density at radius 2 is 2.35 bits per heavy atom. The molecule has 0 fully saturated rings. The molecular weight excluding hydrogens is 310 g/mol. The van der Waals surface area contributed by atoms with Gasteiger partial charge in [0.15, 0.2) is 5.13 Å². The van der Waals surface area contributed by atoms with Crippen molar-refractivity contribution in [3.8, 4) is 17.0 Å². The quantitative estimate of drug-likeness (QED) is 0.773. The number of methoxy groups -OCH3 is 1. The minimum atomic E-state index is 0.614. The van der Waals surface area contributed by atoms with E-state index in [4.69, 9.17) is 10.5 Å². The number of benzene rings is 1. The molecule has 0 spiro atoms. The number of thiazole rings is 1. The fourth-order valence-corrected chi connectivity index (χ4v) is 3.78. The summed E-state index contributed by atoms with van der Waals surface area (Å²) in [4.78, 5) is 8.00. The van der Waals surface area contributed by atoms with Gasteiger partial charge in [0.1, 0.15) is 11.6 Å². The van der Waals surface area contributed by atoms with Crippen LogP contribution in [0.3, 0.4) is 0 Å². The van der Waals surface area contributed by atoms with Crippen LogP contribution in [0.15, 0.2) is 30.5 Å². The summed E-state index contributed by atoms with van der Waals surface area (Å²) in [6.07, 6.45) is 2.76. The molecule has 23 heavy (non-hydrogen) atoms. The van der Waals surface area contributed by atoms with E-state index in [1.807, 2.05) is 18.3 Å². The molecule has 0 radical (unpaired) electrons. The van der Waals surface area contributed by atoms with Crippen LogP contribution in [-0.4, -0.2) is 28.8 Å². The molecule has 4 rings (SSSR count). The highest BCUT2D eigenvalue weighted by atomic mass is 32.1. The van der Waals surface area contributed by atoms with Crippen molar-refractivity contribution >= 4 is 22.3 Å². The average Bonchev–Trinajstić information content (AvgIpc) is 3.15. The minimum Gasteiger partial charge on any atom is -0.497 e. The van der Waals surface area contributed by atoms with E-state index in [1.165, 1.54) is 10.4 Å². The molecule has 0 saturated carbocycles. The van der Waals surface area contributed by atoms with Gasteiger partial charge in [-0.15, -0.1) is 11.3 Å². The summed E-state index contributed by atoms with van der Waals surface area (Å²) in [7, 11) is 1.69. The van der Waals surface area contributed by atoms with E-state index >= 15 is 0 Å². The Morgan fingerprint density at radius 3 is 3.22 bits per heavy atom. The van der Waals surface area contributed by atoms with Crippen molar-refractivity contribution in [3.05, 3.63) is 40.9 Å². The maximum Gasteiger partial charge on any atom is 0.180 e. The van der Waals surface area contributed by atoms with Crippen LogP contribution in [0.2, 0.25) is 0 Å². The zero-order valence-electron chi connectivity index (χ0n) is 12.7. The summed E-state index contributed by atoms with van der Waals surface area (Å²) < 4.78 is 5.31. The molecule has 3 heterocycles. The van der Waals surface area contributed by atoms with Crippen LogP contribution in [-0.2, 0) is 13.0 Å². The zero-order valence-corrected chi connectivity index (χ0v) is 13.6. The third-order valence-corrected chi connectivity index (χ3v) is 4.97. The number of H-pyrrole nitrogens is 1. The van der Waals surface area contributed by atoms with Gasteiger partial charge in [-0.05, 0) is 17.7 Å². The van der Waals surface area contributed by atoms with Crippen molar-refractivity contribution in [2.45, 2.75) is 13.0 Å². The smallest absolute Gasteiger partial charge is 0.180 e. The van der Waals surface area contributed by atoms with Crippen LogP contribution in [0.4, 0.5) is 10.9 Å². The van der Waals surface area contributed by atoms with Crippen LogP contribution in [0.1, 0.15) is 10.4 Å². The summed E-state index contributed by atoms with van der Waals surface area (Å²) in [6.45, 7) is 1.68. The number of nitrogens with one attached hydrogen (secondary N) is 1. The zero-order chi connectivity index (χ0) is 15.8. The van der Waals surface area contributed by atoms with Gasteiger partial charge >= 0.3 is 0 Å². The fraction of sp³-hybridized carbons (Fsp3) is 0.250. The van der Waals surface area contributed by atoms with Crippen LogP contribution in [0, 0.1) is 0 Å². The van der Waals surface area contributed by atoms with Gasteiger partial charge in [0.25, 0.3) is 0 Å². The van der Waals surface area contributed by atoms with Crippen LogP contribution >= 0.6 is 11.3 Å². The van der Waals surface area contributed by atoms with Gasteiger partial charge in [-0.25, -0.2) is 4.98 Å². The second-order valence-corrected chi connectivity index (χ2v) is 6.59. The summed E-state index contributed by atoms with van der Waals surface area (Å²) >= 11 is 1.56. The SMILES string of the molecule is COc1cccc(CN2CCc3sc(N)nc3-c3cn[nH]c32)c1. The van der Waals surface area contributed by atoms with E-state index in [0.717, 1.165) is 42.3 Å². The first-order chi connectivity index (χ1) is 11.2. The number of fused-ring (bicyclic) bond motifs is 3. The highest BCUT2D eigenvalue weighted by molar-refractivity contribution is 7.15. The summed E-state index contributed by atoms with van der Waals surface area (Å²) in [5, 5.41) is 7.94. The number of aromatic amines is 1. The molecule has 3 aromatic rings. The monoisotopic (exact) mass is 327 g/mol. The van der Waals surface area contributed by atoms with Crippen molar-refractivity contribution in [1.82, 2.24) is 15.2 Å². The Balaban J connectivity index is 1.68. The molecule has 3 N–H and O–H groups in total. The largest absolute Gasteiger partial charge is 0.497 e. The van der Waals surface area contributed by atoms with E-state index in [-0.39, 0.29) is 0 Å². The van der Waals surface area contributed by atoms with Gasteiger partial charge in [-0.2, -0.15) is 5.10 Å². The molecule has 0 amide bonds. The predicted octanol–water partition coefficient (Wildman–Crippen LogP) is 2.69. The Kier molecular flexibility index (Phi) is 3.42. The molecule has 0 aliphatic carbocycles. The van der Waals surface area contributed by atoms with Crippen molar-refractivity contribution in [1.29, 1.82) is 0 Å². The maximum absolute atomic E-state index is 5.87. The maximum atomic E-state index is 5.87. The van der Waals surface area contributed by atoms with Crippen LogP contribution in [0.25, 0.3) is 11.3 Å². The number of rotatable bonds is 3. The van der Waals surface area contributed by atoms with Gasteiger partial charge in [0, 0.05) is 24.4 Å². The standard InChI is InChI=1S/C16H17N5OS/c1-22-11-4-2-3-10(7-11)9-21-6-5-13-14(19-16(17)23-13)12-8-18-20-15(12)21/h2-4,7-8H,5-6,9H2,1H3,(H2,17,19)(H,18,20). The highest BCUT2D eigenvalue weighted by Gasteiger charge is 2.24. The highest BCUT2D eigenvalue weighted by Crippen LogP contribution is 2.38. The normalized spacial score (nSPS) is 13.3. The average molecular weight is 327 g/mol. The molecule has 7 heteroatoms. The number of nitrogens with zero attached hydrogens (tertiary/aromatic N) is 3. The van der Waals surface area contributed by atoms with Crippen molar-refractivity contribution < 1.29 is 4.74 Å². The van der Waals surface area contributed by atoms with Crippen molar-refractivity contribution in [3.63, 3.8) is 0 Å². The number of aromatic nitrogens is 3. The van der Waals surface area contributed by atoms with Crippen molar-refractivity contribution in [2.75, 3.05) is 24.3 Å². The summed E-state index contributed by atoms with van der Waals surface area (Å²) in [6, 6.07) is 8.14. The Hall–Kier alpha value is -2.54. The number of anilines is 2. The van der Waals surface area contributed by atoms with Gasteiger partial charge < -0.3 is 15.4 Å². The number of hydrogen-bond donors (Lipinski definition) is 2. The first-order valence-electron chi connectivity index (χ1n) is 7.41. The van der Waals surface area contributed by atoms with E-state index in [2.05, 4.69) is 32.2 Å². The van der Waals surface area contributed by atoms with E-state index in [1.54, 1.807) is 18.4 Å². The van der Waals surface area contributed by atoms with Crippen molar-refractivity contribution in [2.24, 2.45) is 0 Å². The molecule has 0 atom stereocenters. The first kappa shape index (κ1) is 14.1. The molecule has 6 nitrogen and oxygen atoms in total. The fourth-order valence-electron chi connectivity index (χ4n) is 2.94. The van der Waals surface area contributed by atoms with Gasteiger partial charge in [-0.3, -0.25) is 5.10 Å². The number of nitrogen functional groups attached to an aromatic ring is 1. The number of nitrogens with two attached hydrogens (primary N) is 1. The topological polar surface area (TPSA) is 80.1 Å². The molecule has 0 bridgehead atoms. The number of hydrogen-bond acceptors (Lipinski definition) is 6. The third-order valence-electron chi connectivity index (χ3n) is 4.02. The second kappa shape index (κ2) is 5.58. The molecule has 0 saturated heterocycles. The summed E-state index contributed by atoms with van der Waals surface area (Å²) in [5.74, 6) is 1.87. The van der Waals surface area contributed by atoms with E-state index in [9.17, 15) is 0 Å². The van der Waals surface area contributed by atoms with E-state index in [0.29, 0.717) is 5.13 Å². The van der Waals surface area contributed by atoms with Crippen LogP contribution in [0.5, 0.6) is 5.75 Å². The predicted molar refractivity (Wildman–Crippen MR) is 91.9 cm³/mol. The lowest BCUT2D eigenvalue weighted by molar-refractivity contribution is 0.414.